The van der Waals surface area contributed by atoms with Crippen LogP contribution < -0.4 is 42.6 Å². The molecule has 0 amide bonds. The van der Waals surface area contributed by atoms with Crippen molar-refractivity contribution in [3.63, 3.8) is 0 Å². The molecule has 0 saturated carbocycles. The fourth-order valence-corrected chi connectivity index (χ4v) is 11.9. The second-order valence-corrected chi connectivity index (χ2v) is 21.9. The smallest absolute Gasteiger partial charge is 0.312 e. The highest BCUT2D eigenvalue weighted by molar-refractivity contribution is 8.00. The van der Waals surface area contributed by atoms with Crippen LogP contribution in [0.3, 0.4) is 0 Å². The zero-order valence-electron chi connectivity index (χ0n) is 37.3. The van der Waals surface area contributed by atoms with Crippen molar-refractivity contribution in [2.24, 2.45) is 0 Å². The van der Waals surface area contributed by atoms with Crippen LogP contribution in [-0.2, 0) is 22.4 Å². The predicted molar refractivity (Wildman–Crippen MR) is 262 cm³/mol. The second kappa shape index (κ2) is 13.5. The molecule has 2 nitrogen and oxygen atoms in total. The average Bonchev–Trinajstić information content (AvgIpc) is 3.24. The van der Waals surface area contributed by atoms with E-state index in [9.17, 15) is 0 Å². The molecule has 7 aromatic rings. The van der Waals surface area contributed by atoms with E-state index in [0.29, 0.717) is 0 Å². The molecule has 312 valence electrons. The number of hydrogen-bond donors (Lipinski definition) is 0. The molecule has 4 aliphatic heterocycles. The topological polar surface area (TPSA) is 6.48 Å². The fourth-order valence-electron chi connectivity index (χ4n) is 10.6. The average molecular weight is 849 g/mol. The summed E-state index contributed by atoms with van der Waals surface area (Å²) in [5.74, 6) is 0. The minimum atomic E-state index is -4.60. The van der Waals surface area contributed by atoms with Crippen LogP contribution in [0.4, 0.5) is 47.3 Å². The largest absolute Gasteiger partial charge is 0.418 e. The molecule has 0 atom stereocenters. The van der Waals surface area contributed by atoms with Crippen LogP contribution in [0.15, 0.2) is 143 Å². The number of anilines is 6. The van der Waals surface area contributed by atoms with Crippen LogP contribution in [0.25, 0.3) is 11.1 Å². The molecule has 0 unspecified atom stereocenters. The normalized spacial score (nSPS) is 14.8. The number of fused-ring (bicyclic) bond motifs is 10. The molecule has 11 rings (SSSR count). The molecule has 0 bridgehead atoms. The van der Waals surface area contributed by atoms with Crippen LogP contribution in [0.1, 0.15) is 84.6 Å². The van der Waals surface area contributed by atoms with Gasteiger partial charge in [-0.25, -0.2) is 0 Å². The summed E-state index contributed by atoms with van der Waals surface area (Å²) in [5.41, 5.74) is 16.4. The van der Waals surface area contributed by atoms with Gasteiger partial charge in [0.05, 0.1) is 16.9 Å². The molecule has 0 N–H and O–H groups in total. The first kappa shape index (κ1) is 40.2. The minimum Gasteiger partial charge on any atom is -0.312 e. The van der Waals surface area contributed by atoms with Gasteiger partial charge in [0.2, 0.25) is 6.71 Å². The van der Waals surface area contributed by atoms with Crippen molar-refractivity contribution >= 4 is 92.1 Å². The highest BCUT2D eigenvalue weighted by Crippen LogP contribution is 2.55. The Balaban J connectivity index is 1.39. The SMILES string of the molecule is CC(C)(C)c1ccc2c(c1)B1c3ccccc3Sc3c1c1c4c(c3-c3ccccc3)N(c3ccccc3C(F)(F)F)c3ccc(C(C)(C)C)cc3B4c3cc(C(C)(C)C)ccc3N21. The van der Waals surface area contributed by atoms with Gasteiger partial charge in [-0.2, -0.15) is 13.2 Å². The van der Waals surface area contributed by atoms with Crippen LogP contribution in [0.5, 0.6) is 0 Å². The van der Waals surface area contributed by atoms with Crippen LogP contribution in [-0.4, -0.2) is 13.4 Å². The monoisotopic (exact) mass is 848 g/mol. The van der Waals surface area contributed by atoms with Gasteiger partial charge in [0.1, 0.15) is 0 Å². The number of hydrogen-bond acceptors (Lipinski definition) is 3. The summed E-state index contributed by atoms with van der Waals surface area (Å²) in [6, 6.07) is 45.9. The van der Waals surface area contributed by atoms with Crippen LogP contribution in [0, 0.1) is 0 Å². The number of halogens is 3. The Labute approximate surface area is 374 Å². The number of para-hydroxylation sites is 1. The van der Waals surface area contributed by atoms with Crippen molar-refractivity contribution in [1.82, 2.24) is 0 Å². The van der Waals surface area contributed by atoms with Crippen molar-refractivity contribution < 1.29 is 13.2 Å². The first-order chi connectivity index (χ1) is 29.8. The van der Waals surface area contributed by atoms with Gasteiger partial charge in [-0.3, -0.25) is 0 Å². The van der Waals surface area contributed by atoms with Gasteiger partial charge in [0.15, 0.2) is 0 Å². The molecule has 0 aliphatic carbocycles. The van der Waals surface area contributed by atoms with E-state index in [-0.39, 0.29) is 35.4 Å². The Morgan fingerprint density at radius 2 is 0.905 bits per heavy atom. The summed E-state index contributed by atoms with van der Waals surface area (Å²) in [5, 5.41) is 0. The summed E-state index contributed by atoms with van der Waals surface area (Å²) >= 11 is 1.76. The van der Waals surface area contributed by atoms with Crippen molar-refractivity contribution in [3.8, 4) is 11.1 Å². The summed E-state index contributed by atoms with van der Waals surface area (Å²) in [4.78, 5) is 6.73. The summed E-state index contributed by atoms with van der Waals surface area (Å²) in [7, 11) is 0. The van der Waals surface area contributed by atoms with Gasteiger partial charge >= 0.3 is 6.18 Å². The summed E-state index contributed by atoms with van der Waals surface area (Å²) in [6.07, 6.45) is -4.60. The van der Waals surface area contributed by atoms with Crippen LogP contribution in [0.2, 0.25) is 0 Å². The lowest BCUT2D eigenvalue weighted by molar-refractivity contribution is -0.137. The van der Waals surface area contributed by atoms with Gasteiger partial charge < -0.3 is 9.80 Å². The lowest BCUT2D eigenvalue weighted by Crippen LogP contribution is -2.68. The number of benzene rings is 7. The summed E-state index contributed by atoms with van der Waals surface area (Å²) in [6.45, 7) is 19.9. The zero-order valence-corrected chi connectivity index (χ0v) is 38.1. The lowest BCUT2D eigenvalue weighted by atomic mass is 9.29. The molecule has 0 spiro atoms. The Hall–Kier alpha value is -5.59. The Morgan fingerprint density at radius 1 is 0.444 bits per heavy atom. The third kappa shape index (κ3) is 5.96. The standard InChI is InChI=1S/C55H49B2F3N2S/c1-52(2,3)33-24-27-43-38(29-33)56-37-20-14-16-22-45(37)63-51-46(32-17-11-10-12-18-32)49-47-50(48(51)56)62(43)44-28-25-35(54(7,8)9)31-40(44)57(47)39-30-34(53(4,5)6)23-26-42(39)61(49)41-21-15-13-19-36(41)55(58,59)60/h10-31H,1-9H3. The Morgan fingerprint density at radius 3 is 1.43 bits per heavy atom. The highest BCUT2D eigenvalue weighted by atomic mass is 32.2. The number of rotatable bonds is 2. The van der Waals surface area contributed by atoms with Gasteiger partial charge in [-0.1, -0.05) is 177 Å². The molecule has 63 heavy (non-hydrogen) atoms. The minimum absolute atomic E-state index is 0.0977. The molecule has 0 fully saturated rings. The molecule has 0 aromatic heterocycles. The van der Waals surface area contributed by atoms with Gasteiger partial charge in [0.25, 0.3) is 6.71 Å². The second-order valence-electron chi connectivity index (χ2n) is 20.9. The molecule has 4 heterocycles. The first-order valence-corrected chi connectivity index (χ1v) is 22.9. The van der Waals surface area contributed by atoms with E-state index in [1.807, 2.05) is 11.0 Å². The molecule has 0 radical (unpaired) electrons. The molecular weight excluding hydrogens is 799 g/mol. The van der Waals surface area contributed by atoms with E-state index in [2.05, 4.69) is 170 Å². The maximum atomic E-state index is 15.6. The van der Waals surface area contributed by atoms with Gasteiger partial charge in [-0.05, 0) is 102 Å². The number of nitrogens with zero attached hydrogens (tertiary/aromatic N) is 2. The van der Waals surface area contributed by atoms with Crippen molar-refractivity contribution in [2.75, 3.05) is 9.80 Å². The Kier molecular flexibility index (Phi) is 8.59. The molecule has 8 heteroatoms. The van der Waals surface area contributed by atoms with E-state index < -0.39 is 11.7 Å². The van der Waals surface area contributed by atoms with Crippen molar-refractivity contribution in [2.45, 2.75) is 94.5 Å². The highest BCUT2D eigenvalue weighted by Gasteiger charge is 2.53. The molecule has 0 saturated heterocycles. The van der Waals surface area contributed by atoms with E-state index in [0.717, 1.165) is 65.8 Å². The lowest BCUT2D eigenvalue weighted by Gasteiger charge is -2.51. The maximum Gasteiger partial charge on any atom is 0.418 e. The zero-order chi connectivity index (χ0) is 44.1. The van der Waals surface area contributed by atoms with E-state index in [1.165, 1.54) is 45.1 Å². The first-order valence-electron chi connectivity index (χ1n) is 22.1. The van der Waals surface area contributed by atoms with Gasteiger partial charge in [0, 0.05) is 38.1 Å². The van der Waals surface area contributed by atoms with Crippen molar-refractivity contribution in [1.29, 1.82) is 0 Å². The molecule has 4 aliphatic rings. The fraction of sp³-hybridized carbons (Fsp3) is 0.236. The van der Waals surface area contributed by atoms with Gasteiger partial charge in [-0.15, -0.1) is 0 Å². The predicted octanol–water partition coefficient (Wildman–Crippen LogP) is 11.6. The Bertz CT molecular complexity index is 3060. The third-order valence-corrected chi connectivity index (χ3v) is 15.0. The number of alkyl halides is 3. The van der Waals surface area contributed by atoms with Crippen molar-refractivity contribution in [3.05, 3.63) is 156 Å². The quantitative estimate of drug-likeness (QED) is 0.160. The molecule has 7 aromatic carbocycles. The van der Waals surface area contributed by atoms with E-state index >= 15 is 13.2 Å². The van der Waals surface area contributed by atoms with E-state index in [4.69, 9.17) is 0 Å². The van der Waals surface area contributed by atoms with Crippen LogP contribution >= 0.6 is 11.8 Å². The maximum absolute atomic E-state index is 15.6. The summed E-state index contributed by atoms with van der Waals surface area (Å²) < 4.78 is 46.8. The third-order valence-electron chi connectivity index (χ3n) is 13.8. The molecular formula is C55H49B2F3N2S. The van der Waals surface area contributed by atoms with E-state index in [1.54, 1.807) is 23.9 Å².